The minimum absolute atomic E-state index is 0. The van der Waals surface area contributed by atoms with Crippen molar-refractivity contribution in [3.8, 4) is 48.4 Å². The van der Waals surface area contributed by atoms with Crippen molar-refractivity contribution in [3.05, 3.63) is 225 Å². The fourth-order valence-corrected chi connectivity index (χ4v) is 9.01. The minimum atomic E-state index is -3.72. The number of aliphatic hydroxyl groups excluding tert-OH is 2. The van der Waals surface area contributed by atoms with E-state index in [1.807, 2.05) is 85.8 Å². The van der Waals surface area contributed by atoms with Crippen LogP contribution in [0.4, 0.5) is 11.5 Å². The third kappa shape index (κ3) is 56.0. The number of benzene rings is 4. The number of hydrogen-bond donors (Lipinski definition) is 8. The second-order valence-electron chi connectivity index (χ2n) is 21.5. The van der Waals surface area contributed by atoms with Crippen LogP contribution in [-0.2, 0) is 46.7 Å². The molecule has 7 rings (SSSR count). The number of aldehydes is 2. The fraction of sp³-hybridized carbons (Fsp3) is 0.261. The van der Waals surface area contributed by atoms with Crippen LogP contribution in [0.3, 0.4) is 0 Å². The maximum atomic E-state index is 11.0. The normalized spacial score (nSPS) is 10.5. The van der Waals surface area contributed by atoms with Gasteiger partial charge in [0.1, 0.15) is 76.0 Å². The molecule has 3 aromatic heterocycles. The van der Waals surface area contributed by atoms with Crippen molar-refractivity contribution < 1.29 is 70.0 Å². The number of pyridine rings is 3. The molecule has 15 N–H and O–H groups in total. The maximum absolute atomic E-state index is 11.0. The standard InChI is InChI=1S/C11H15NOSi.C10H9ClN4.C9H11NO4S.C8H3Cl2N3.C8H5N3O2.C8H9NO2.C7H6O.C3H6N2O.C2H7N.C2H4O.CH3ClO2S.Cl3OP.H3N.H2O/c1-14(2,3)13-11(9-12)10-7-5-4-6-8-10;1-6-7(5-12)9(11)14-10(15(3)4)8(6)13-2;1-15(12,13)14-8(9(10)11)7-5-3-2-4-6-7;1-4-5(2-11)7(9)13-8(10)6(4)3-12;1-4-5(2-9)7(12)11-8(13)6(4)3-10;9-8(11)7(10)6-4-2-1-3-5-6;8-6-7-4-2-1-3-5-7;4-2-1-3(5)6;1-3-2;1-2-3;2*1-5(2,3)4;;/h4-8,11H,1-3H3;1,3-4H3;2-6,8H,1H3,(H2,10,11);1H3;1H3,(H2,11,12,13);1-5,7,10H,(H2,9,11);1-6H;3,6H,1,5H2;3H,1-2H3;2H,1H3;1H3;;1H3;1H2/p-1. The zero-order valence-corrected chi connectivity index (χ0v) is 71.5. The number of amides is 2. The lowest BCUT2D eigenvalue weighted by Crippen LogP contribution is -2.27. The number of anilines is 1. The second kappa shape index (κ2) is 62.5. The number of H-pyrrole nitrogens is 1. The summed E-state index contributed by atoms with van der Waals surface area (Å²) in [5.74, 6) is -1.82. The quantitative estimate of drug-likeness (QED) is 0.00823. The molecule has 0 aliphatic carbocycles. The van der Waals surface area contributed by atoms with E-state index in [0.29, 0.717) is 33.8 Å². The molecule has 0 saturated carbocycles. The van der Waals surface area contributed by atoms with Crippen LogP contribution < -0.4 is 44.2 Å². The van der Waals surface area contributed by atoms with E-state index in [0.717, 1.165) is 36.2 Å². The Kier molecular flexibility index (Phi) is 64.3. The Morgan fingerprint density at radius 2 is 1.04 bits per heavy atom. The van der Waals surface area contributed by atoms with Gasteiger partial charge in [0.15, 0.2) is 26.6 Å². The van der Waals surface area contributed by atoms with Gasteiger partial charge in [0.2, 0.25) is 14.7 Å². The lowest BCUT2D eigenvalue weighted by Gasteiger charge is -2.21. The van der Waals surface area contributed by atoms with Gasteiger partial charge in [-0.2, -0.15) is 45.3 Å². The van der Waals surface area contributed by atoms with Crippen LogP contribution in [0.15, 0.2) is 126 Å². The molecular weight excluding hydrogens is 1690 g/mol. The number of aromatic nitrogens is 3. The van der Waals surface area contributed by atoms with Gasteiger partial charge in [-0.3, -0.25) is 27.9 Å². The molecule has 0 fully saturated rings. The van der Waals surface area contributed by atoms with Crippen LogP contribution in [0.5, 0.6) is 5.88 Å². The molecule has 4 aromatic carbocycles. The summed E-state index contributed by atoms with van der Waals surface area (Å²) in [6, 6.07) is 48.3. The first-order valence-electron chi connectivity index (χ1n) is 30.2. The highest BCUT2D eigenvalue weighted by Gasteiger charge is 2.24. The lowest BCUT2D eigenvalue weighted by molar-refractivity contribution is -0.275. The fourth-order valence-electron chi connectivity index (χ4n) is 6.72. The van der Waals surface area contributed by atoms with E-state index >= 15 is 0 Å². The number of carbonyl (C=O) groups is 4. The molecular formula is C69H82Cl7N17O16PS2Si-. The van der Waals surface area contributed by atoms with Crippen LogP contribution in [0, 0.1) is 107 Å². The topological polar surface area (TPSA) is 625 Å². The van der Waals surface area contributed by atoms with E-state index in [4.69, 9.17) is 115 Å². The summed E-state index contributed by atoms with van der Waals surface area (Å²) >= 11 is 31.0. The van der Waals surface area contributed by atoms with Gasteiger partial charge in [0, 0.05) is 30.3 Å². The van der Waals surface area contributed by atoms with Crippen LogP contribution in [-0.4, -0.2) is 127 Å². The molecule has 2 amide bonds. The first-order chi connectivity index (χ1) is 51.4. The van der Waals surface area contributed by atoms with E-state index in [-0.39, 0.29) is 66.9 Å². The molecule has 0 saturated heterocycles. The second-order valence-corrected chi connectivity index (χ2v) is 38.3. The molecule has 7 aromatic rings. The first-order valence-corrected chi connectivity index (χ1v) is 43.7. The number of primary amides is 2. The Labute approximate surface area is 690 Å². The van der Waals surface area contributed by atoms with Crippen molar-refractivity contribution in [1.82, 2.24) is 26.4 Å². The number of nitrogens with two attached hydrogens (primary N) is 3. The van der Waals surface area contributed by atoms with Crippen molar-refractivity contribution in [2.75, 3.05) is 45.6 Å². The molecule has 0 aliphatic rings. The van der Waals surface area contributed by atoms with Crippen LogP contribution in [0.2, 0.25) is 35.1 Å². The summed E-state index contributed by atoms with van der Waals surface area (Å²) in [6.07, 6.45) is -0.435. The van der Waals surface area contributed by atoms with E-state index in [1.54, 1.807) is 124 Å². The van der Waals surface area contributed by atoms with Crippen LogP contribution >= 0.6 is 84.4 Å². The van der Waals surface area contributed by atoms with Crippen molar-refractivity contribution in [1.29, 1.82) is 36.8 Å². The van der Waals surface area contributed by atoms with Gasteiger partial charge < -0.3 is 68.6 Å². The summed E-state index contributed by atoms with van der Waals surface area (Å²) in [6.45, 7) is 19.5. The number of nitriles is 7. The van der Waals surface area contributed by atoms with Gasteiger partial charge in [-0.05, 0) is 134 Å². The number of hydrogen-bond acceptors (Lipinski definition) is 28. The highest BCUT2D eigenvalue weighted by molar-refractivity contribution is 8.24. The van der Waals surface area contributed by atoms with Crippen molar-refractivity contribution in [3.63, 3.8) is 0 Å². The minimum Gasteiger partial charge on any atom is -0.859 e. The zero-order chi connectivity index (χ0) is 87.2. The Balaban J connectivity index is -0.000000222. The number of carbonyl (C=O) groups excluding carboxylic acids is 4. The van der Waals surface area contributed by atoms with Gasteiger partial charge in [-0.15, -0.1) is 0 Å². The molecule has 113 heavy (non-hydrogen) atoms. The van der Waals surface area contributed by atoms with Gasteiger partial charge in [-0.1, -0.05) is 156 Å². The highest BCUT2D eigenvalue weighted by Crippen LogP contribution is 2.61. The van der Waals surface area contributed by atoms with Gasteiger partial charge >= 0.3 is 5.20 Å². The summed E-state index contributed by atoms with van der Waals surface area (Å²) in [7, 11) is 3.25. The molecule has 44 heteroatoms. The molecule has 0 bridgehead atoms. The predicted molar refractivity (Wildman–Crippen MR) is 436 cm³/mol. The molecule has 4 atom stereocenters. The summed E-state index contributed by atoms with van der Waals surface area (Å²) in [5.41, 5.74) is 18.4. The molecule has 4 unspecified atom stereocenters. The Bertz CT molecular complexity index is 4770. The zero-order valence-electron chi connectivity index (χ0n) is 62.7. The molecule has 33 nitrogen and oxygen atoms in total. The van der Waals surface area contributed by atoms with E-state index in [9.17, 15) is 45.7 Å². The number of rotatable bonds is 12. The van der Waals surface area contributed by atoms with E-state index < -0.39 is 80.5 Å². The van der Waals surface area contributed by atoms with Crippen molar-refractivity contribution in [2.24, 2.45) is 17.2 Å². The summed E-state index contributed by atoms with van der Waals surface area (Å²) < 4.78 is 60.4. The highest BCUT2D eigenvalue weighted by atomic mass is 36.0. The number of nitrogens with one attached hydrogen (secondary N) is 2. The van der Waals surface area contributed by atoms with E-state index in [1.165, 1.54) is 13.8 Å². The predicted octanol–water partition coefficient (Wildman–Crippen LogP) is 11.0. The number of nitrogens with zero attached hydrogens (tertiary/aromatic N) is 11. The largest absolute Gasteiger partial charge is 0.859 e. The third-order valence-electron chi connectivity index (χ3n) is 11.2. The Hall–Kier alpha value is -10.0. The average molecular weight is 1780 g/mol. The third-order valence-corrected chi connectivity index (χ3v) is 13.5. The molecule has 0 spiro atoms. The van der Waals surface area contributed by atoms with Crippen molar-refractivity contribution >= 4 is 148 Å². The molecule has 610 valence electrons. The van der Waals surface area contributed by atoms with Gasteiger partial charge in [0.05, 0.1) is 59.9 Å². The monoisotopic (exact) mass is 1770 g/mol. The van der Waals surface area contributed by atoms with Gasteiger partial charge in [-0.25, -0.2) is 23.2 Å². The molecule has 3 heterocycles. The average Bonchev–Trinajstić information content (AvgIpc) is 0.815. The number of aromatic amines is 1. The number of aliphatic hydroxyl groups is 2. The number of halogens is 7. The first kappa shape index (κ1) is 116. The SMILES string of the molecule is CC=O.CNC.CS(=O)(=O)Cl.CS(=O)(=O)OC(C(N)=O)c1ccccc1.C[Si](C)(C)OC(C#N)c1ccccc1.Cc1c(C#N)c(Cl)nc(Cl)c1C#N.Cc1c(C#N)c([O-])[nH]c(=O)c1C#N.N.N#CCC(N)O.NC(=O)C(O)c1ccccc1.O.O=Cc1ccccc1.O=P(Cl)(Cl)Cl.[C-]#[N+]c1c(N(C)C)nc(Cl)c(C#N)c1C. The van der Waals surface area contributed by atoms with Crippen LogP contribution in [0.1, 0.15) is 103 Å². The van der Waals surface area contributed by atoms with Crippen molar-refractivity contribution in [2.45, 2.75) is 78.3 Å². The Morgan fingerprint density at radius 1 is 0.699 bits per heavy atom. The lowest BCUT2D eigenvalue weighted by atomic mass is 10.1. The van der Waals surface area contributed by atoms with E-state index in [2.05, 4.69) is 94.4 Å². The van der Waals surface area contributed by atoms with Crippen LogP contribution in [0.25, 0.3) is 4.85 Å². The smallest absolute Gasteiger partial charge is 0.339 e. The summed E-state index contributed by atoms with van der Waals surface area (Å²) in [4.78, 5) is 65.9. The Morgan fingerprint density at radius 3 is 1.31 bits per heavy atom. The maximum Gasteiger partial charge on any atom is 0.339 e. The summed E-state index contributed by atoms with van der Waals surface area (Å²) in [5, 5.41) is 88.0. The molecule has 0 radical (unpaired) electrons. The molecule has 0 aliphatic heterocycles. The van der Waals surface area contributed by atoms with Gasteiger partial charge in [0.25, 0.3) is 27.5 Å².